The van der Waals surface area contributed by atoms with Gasteiger partial charge in [-0.1, -0.05) is 24.3 Å². The third-order valence-electron chi connectivity index (χ3n) is 2.95. The van der Waals surface area contributed by atoms with Gasteiger partial charge in [-0.2, -0.15) is 0 Å². The van der Waals surface area contributed by atoms with Crippen molar-refractivity contribution in [1.29, 1.82) is 0 Å². The molecule has 0 saturated heterocycles. The Morgan fingerprint density at radius 2 is 2.00 bits per heavy atom. The van der Waals surface area contributed by atoms with Crippen LogP contribution in [-0.4, -0.2) is 15.7 Å². The predicted molar refractivity (Wildman–Crippen MR) is 79.3 cm³/mol. The lowest BCUT2D eigenvalue weighted by atomic mass is 10.2. The van der Waals surface area contributed by atoms with E-state index in [2.05, 4.69) is 15.7 Å². The van der Waals surface area contributed by atoms with E-state index in [1.54, 1.807) is 11.0 Å². The van der Waals surface area contributed by atoms with Gasteiger partial charge in [0.25, 0.3) is 0 Å². The number of carbonyl (C=O) groups is 1. The van der Waals surface area contributed by atoms with Crippen molar-refractivity contribution in [2.75, 3.05) is 10.7 Å². The Labute approximate surface area is 116 Å². The molecule has 100 valence electrons. The summed E-state index contributed by atoms with van der Waals surface area (Å²) in [5.41, 5.74) is 6.28. The van der Waals surface area contributed by atoms with E-state index in [4.69, 9.17) is 0 Å². The molecule has 3 aromatic rings. The third-order valence-corrected chi connectivity index (χ3v) is 2.95. The SMILES string of the molecule is Cc1cccc(NC(=O)Nn2cnc3ccccc32)c1. The van der Waals surface area contributed by atoms with Crippen molar-refractivity contribution in [3.8, 4) is 0 Å². The molecule has 0 aliphatic heterocycles. The highest BCUT2D eigenvalue weighted by molar-refractivity contribution is 5.96. The van der Waals surface area contributed by atoms with E-state index in [9.17, 15) is 4.79 Å². The molecule has 3 rings (SSSR count). The fourth-order valence-corrected chi connectivity index (χ4v) is 2.04. The van der Waals surface area contributed by atoms with Gasteiger partial charge in [-0.25, -0.2) is 19.9 Å². The minimum Gasteiger partial charge on any atom is -0.307 e. The molecule has 5 heteroatoms. The number of aromatic nitrogens is 2. The first kappa shape index (κ1) is 12.2. The molecule has 2 N–H and O–H groups in total. The zero-order valence-corrected chi connectivity index (χ0v) is 11.0. The Kier molecular flexibility index (Phi) is 3.09. The van der Waals surface area contributed by atoms with Crippen molar-refractivity contribution in [3.05, 3.63) is 60.4 Å². The van der Waals surface area contributed by atoms with Crippen LogP contribution in [0, 0.1) is 6.92 Å². The van der Waals surface area contributed by atoms with Crippen LogP contribution in [0.1, 0.15) is 5.56 Å². The van der Waals surface area contributed by atoms with Crippen LogP contribution in [0.3, 0.4) is 0 Å². The molecule has 0 spiro atoms. The third kappa shape index (κ3) is 2.47. The summed E-state index contributed by atoms with van der Waals surface area (Å²) in [4.78, 5) is 16.2. The van der Waals surface area contributed by atoms with E-state index >= 15 is 0 Å². The topological polar surface area (TPSA) is 59.0 Å². The fourth-order valence-electron chi connectivity index (χ4n) is 2.04. The number of nitrogens with one attached hydrogen (secondary N) is 2. The van der Waals surface area contributed by atoms with Crippen LogP contribution in [0.25, 0.3) is 11.0 Å². The van der Waals surface area contributed by atoms with Gasteiger partial charge in [-0.3, -0.25) is 0 Å². The number of carbonyl (C=O) groups excluding carboxylic acids is 1. The number of benzene rings is 2. The Balaban J connectivity index is 1.76. The maximum absolute atomic E-state index is 12.0. The summed E-state index contributed by atoms with van der Waals surface area (Å²) in [7, 11) is 0. The van der Waals surface area contributed by atoms with Crippen molar-refractivity contribution in [1.82, 2.24) is 9.66 Å². The summed E-state index contributed by atoms with van der Waals surface area (Å²) in [6.07, 6.45) is 1.58. The number of anilines is 1. The van der Waals surface area contributed by atoms with E-state index in [1.807, 2.05) is 55.5 Å². The van der Waals surface area contributed by atoms with E-state index in [-0.39, 0.29) is 6.03 Å². The maximum atomic E-state index is 12.0. The van der Waals surface area contributed by atoms with Gasteiger partial charge in [-0.15, -0.1) is 0 Å². The van der Waals surface area contributed by atoms with Gasteiger partial charge in [0, 0.05) is 5.69 Å². The molecule has 0 atom stereocenters. The van der Waals surface area contributed by atoms with Crippen LogP contribution in [0.4, 0.5) is 10.5 Å². The molecule has 0 radical (unpaired) electrons. The summed E-state index contributed by atoms with van der Waals surface area (Å²) in [5.74, 6) is 0. The second-order valence-electron chi connectivity index (χ2n) is 4.54. The quantitative estimate of drug-likeness (QED) is 0.748. The molecule has 0 unspecified atom stereocenters. The number of para-hydroxylation sites is 2. The van der Waals surface area contributed by atoms with Gasteiger partial charge in [0.1, 0.15) is 6.33 Å². The molecule has 20 heavy (non-hydrogen) atoms. The fraction of sp³-hybridized carbons (Fsp3) is 0.0667. The number of imidazole rings is 1. The number of amides is 2. The van der Waals surface area contributed by atoms with Crippen molar-refractivity contribution in [3.63, 3.8) is 0 Å². The lowest BCUT2D eigenvalue weighted by molar-refractivity contribution is 0.260. The molecule has 2 amide bonds. The summed E-state index contributed by atoms with van der Waals surface area (Å²) in [6.45, 7) is 1.98. The predicted octanol–water partition coefficient (Wildman–Crippen LogP) is 3.12. The number of aryl methyl sites for hydroxylation is 1. The second-order valence-corrected chi connectivity index (χ2v) is 4.54. The van der Waals surface area contributed by atoms with E-state index in [0.29, 0.717) is 0 Å². The van der Waals surface area contributed by atoms with Gasteiger partial charge in [0.15, 0.2) is 0 Å². The monoisotopic (exact) mass is 266 g/mol. The molecule has 0 bridgehead atoms. The normalized spacial score (nSPS) is 10.4. The van der Waals surface area contributed by atoms with Gasteiger partial charge in [0.05, 0.1) is 11.0 Å². The van der Waals surface area contributed by atoms with Crippen LogP contribution in [0.2, 0.25) is 0 Å². The first-order chi connectivity index (χ1) is 9.72. The van der Waals surface area contributed by atoms with Crippen LogP contribution in [-0.2, 0) is 0 Å². The highest BCUT2D eigenvalue weighted by Gasteiger charge is 2.05. The maximum Gasteiger partial charge on any atom is 0.338 e. The van der Waals surface area contributed by atoms with Crippen molar-refractivity contribution in [2.24, 2.45) is 0 Å². The van der Waals surface area contributed by atoms with Gasteiger partial charge < -0.3 is 5.32 Å². The molecule has 1 heterocycles. The first-order valence-electron chi connectivity index (χ1n) is 6.29. The number of rotatable bonds is 2. The molecular weight excluding hydrogens is 252 g/mol. The average molecular weight is 266 g/mol. The van der Waals surface area contributed by atoms with E-state index < -0.39 is 0 Å². The Morgan fingerprint density at radius 3 is 2.85 bits per heavy atom. The average Bonchev–Trinajstić information content (AvgIpc) is 2.82. The summed E-state index contributed by atoms with van der Waals surface area (Å²) < 4.78 is 1.60. The lowest BCUT2D eigenvalue weighted by Crippen LogP contribution is -2.27. The molecule has 5 nitrogen and oxygen atoms in total. The van der Waals surface area contributed by atoms with Crippen molar-refractivity contribution in [2.45, 2.75) is 6.92 Å². The lowest BCUT2D eigenvalue weighted by Gasteiger charge is -2.09. The zero-order chi connectivity index (χ0) is 13.9. The highest BCUT2D eigenvalue weighted by atomic mass is 16.2. The molecule has 1 aromatic heterocycles. The smallest absolute Gasteiger partial charge is 0.307 e. The Morgan fingerprint density at radius 1 is 1.15 bits per heavy atom. The van der Waals surface area contributed by atoms with Crippen molar-refractivity contribution >= 4 is 22.8 Å². The highest BCUT2D eigenvalue weighted by Crippen LogP contribution is 2.11. The number of hydrogen-bond acceptors (Lipinski definition) is 2. The second kappa shape index (κ2) is 5.05. The van der Waals surface area contributed by atoms with Gasteiger partial charge in [0.2, 0.25) is 0 Å². The molecule has 0 saturated carbocycles. The molecule has 2 aromatic carbocycles. The standard InChI is InChI=1S/C15H14N4O/c1-11-5-4-6-12(9-11)17-15(20)18-19-10-16-13-7-2-3-8-14(13)19/h2-10H,1H3,(H2,17,18,20). The molecule has 0 aliphatic rings. The molecule has 0 fully saturated rings. The number of urea groups is 1. The summed E-state index contributed by atoms with van der Waals surface area (Å²) in [6, 6.07) is 14.9. The first-order valence-corrected chi connectivity index (χ1v) is 6.29. The number of hydrogen-bond donors (Lipinski definition) is 2. The minimum atomic E-state index is -0.307. The molecule has 0 aliphatic carbocycles. The van der Waals surface area contributed by atoms with Crippen LogP contribution < -0.4 is 10.7 Å². The van der Waals surface area contributed by atoms with E-state index in [1.165, 1.54) is 0 Å². The van der Waals surface area contributed by atoms with Crippen molar-refractivity contribution < 1.29 is 4.79 Å². The Hall–Kier alpha value is -2.82. The number of nitrogens with zero attached hydrogens (tertiary/aromatic N) is 2. The van der Waals surface area contributed by atoms with Crippen LogP contribution in [0.15, 0.2) is 54.9 Å². The Bertz CT molecular complexity index is 763. The summed E-state index contributed by atoms with van der Waals surface area (Å²) in [5, 5.41) is 2.79. The van der Waals surface area contributed by atoms with E-state index in [0.717, 1.165) is 22.3 Å². The van der Waals surface area contributed by atoms with Gasteiger partial charge in [-0.05, 0) is 36.8 Å². The minimum absolute atomic E-state index is 0.307. The van der Waals surface area contributed by atoms with Crippen LogP contribution >= 0.6 is 0 Å². The summed E-state index contributed by atoms with van der Waals surface area (Å²) >= 11 is 0. The molecular formula is C15H14N4O. The largest absolute Gasteiger partial charge is 0.338 e. The number of fused-ring (bicyclic) bond motifs is 1. The van der Waals surface area contributed by atoms with Gasteiger partial charge >= 0.3 is 6.03 Å². The zero-order valence-electron chi connectivity index (χ0n) is 11.0. The van der Waals surface area contributed by atoms with Crippen LogP contribution in [0.5, 0.6) is 0 Å².